The molecule has 0 fully saturated rings. The predicted molar refractivity (Wildman–Crippen MR) is 82.5 cm³/mol. The zero-order chi connectivity index (χ0) is 14.3. The van der Waals surface area contributed by atoms with Crippen molar-refractivity contribution < 1.29 is 0 Å². The number of thiophene rings is 1. The van der Waals surface area contributed by atoms with Gasteiger partial charge in [-0.15, -0.1) is 11.3 Å². The molecule has 1 aliphatic rings. The first kappa shape index (κ1) is 13.3. The molecule has 20 heavy (non-hydrogen) atoms. The first-order valence-corrected chi connectivity index (χ1v) is 7.68. The van der Waals surface area contributed by atoms with Crippen LogP contribution in [0.15, 0.2) is 12.1 Å². The van der Waals surface area contributed by atoms with Gasteiger partial charge < -0.3 is 0 Å². The largest absolute Gasteiger partial charge is 0.222 e. The summed E-state index contributed by atoms with van der Waals surface area (Å²) in [5, 5.41) is 10.1. The zero-order valence-corrected chi connectivity index (χ0v) is 12.8. The lowest BCUT2D eigenvalue weighted by molar-refractivity contribution is 0.335. The van der Waals surface area contributed by atoms with Gasteiger partial charge in [0.2, 0.25) is 0 Å². The fraction of sp³-hybridized carbons (Fsp3) is 0.438. The second kappa shape index (κ2) is 4.68. The van der Waals surface area contributed by atoms with E-state index in [4.69, 9.17) is 0 Å². The van der Waals surface area contributed by atoms with Gasteiger partial charge in [-0.1, -0.05) is 19.9 Å². The molecule has 2 aromatic rings. The first-order chi connectivity index (χ1) is 9.48. The van der Waals surface area contributed by atoms with E-state index >= 15 is 0 Å². The maximum Gasteiger partial charge on any atom is 0.152 e. The second-order valence-electron chi connectivity index (χ2n) is 6.16. The van der Waals surface area contributed by atoms with E-state index in [-0.39, 0.29) is 0 Å². The third-order valence-corrected chi connectivity index (χ3v) is 5.00. The molecule has 0 aromatic carbocycles. The summed E-state index contributed by atoms with van der Waals surface area (Å²) >= 11 is 1.68. The molecule has 1 aliphatic carbocycles. The van der Waals surface area contributed by atoms with E-state index in [0.717, 1.165) is 23.1 Å². The Kier molecular flexibility index (Phi) is 3.10. The number of rotatable bonds is 1. The minimum absolute atomic E-state index is 0.411. The molecule has 0 unspecified atom stereocenters. The minimum Gasteiger partial charge on any atom is -0.222 e. The number of aryl methyl sites for hydroxylation is 1. The van der Waals surface area contributed by atoms with Crippen LogP contribution in [0.5, 0.6) is 0 Å². The van der Waals surface area contributed by atoms with Gasteiger partial charge in [-0.3, -0.25) is 0 Å². The van der Waals surface area contributed by atoms with Gasteiger partial charge in [-0.25, -0.2) is 9.97 Å². The molecular weight excluding hydrogens is 266 g/mol. The minimum atomic E-state index is 0.411. The van der Waals surface area contributed by atoms with Crippen LogP contribution < -0.4 is 0 Å². The number of nitriles is 1. The van der Waals surface area contributed by atoms with E-state index in [0.29, 0.717) is 16.9 Å². The predicted octanol–water partition coefficient (Wildman–Crippen LogP) is 4.46. The molecule has 102 valence electrons. The molecule has 2 heterocycles. The van der Waals surface area contributed by atoms with Crippen LogP contribution in [0.2, 0.25) is 0 Å². The molecule has 4 heteroatoms. The first-order valence-electron chi connectivity index (χ1n) is 6.86. The fourth-order valence-electron chi connectivity index (χ4n) is 2.57. The number of hydrogen-bond acceptors (Lipinski definition) is 4. The summed E-state index contributed by atoms with van der Waals surface area (Å²) in [4.78, 5) is 10.8. The van der Waals surface area contributed by atoms with Crippen LogP contribution in [0.3, 0.4) is 0 Å². The van der Waals surface area contributed by atoms with Crippen molar-refractivity contribution in [2.75, 3.05) is 0 Å². The molecule has 0 saturated carbocycles. The highest BCUT2D eigenvalue weighted by atomic mass is 32.1. The number of aromatic nitrogens is 2. The fourth-order valence-corrected chi connectivity index (χ4v) is 3.72. The van der Waals surface area contributed by atoms with E-state index in [2.05, 4.69) is 42.0 Å². The molecule has 3 nitrogen and oxygen atoms in total. The molecule has 0 amide bonds. The maximum atomic E-state index is 9.20. The lowest BCUT2D eigenvalue weighted by Crippen LogP contribution is -2.13. The summed E-state index contributed by atoms with van der Waals surface area (Å²) in [6.45, 7) is 6.46. The third kappa shape index (κ3) is 2.34. The Balaban J connectivity index is 2.07. The van der Waals surface area contributed by atoms with Crippen molar-refractivity contribution in [2.24, 2.45) is 5.41 Å². The molecule has 0 radical (unpaired) electrons. The van der Waals surface area contributed by atoms with Crippen molar-refractivity contribution in [1.29, 1.82) is 5.26 Å². The van der Waals surface area contributed by atoms with E-state index in [1.807, 2.05) is 6.92 Å². The van der Waals surface area contributed by atoms with Crippen LogP contribution in [-0.4, -0.2) is 9.97 Å². The smallest absolute Gasteiger partial charge is 0.152 e. The number of nitrogens with zero attached hydrogens (tertiary/aromatic N) is 3. The highest BCUT2D eigenvalue weighted by Crippen LogP contribution is 2.41. The van der Waals surface area contributed by atoms with Crippen LogP contribution >= 0.6 is 11.3 Å². The summed E-state index contributed by atoms with van der Waals surface area (Å²) < 4.78 is 0. The van der Waals surface area contributed by atoms with E-state index in [1.165, 1.54) is 16.9 Å². The van der Waals surface area contributed by atoms with Gasteiger partial charge in [0.15, 0.2) is 5.69 Å². The molecule has 0 N–H and O–H groups in total. The molecule has 0 aliphatic heterocycles. The summed E-state index contributed by atoms with van der Waals surface area (Å²) in [6.07, 6.45) is 5.78. The Labute approximate surface area is 123 Å². The van der Waals surface area contributed by atoms with E-state index in [9.17, 15) is 5.26 Å². The zero-order valence-electron chi connectivity index (χ0n) is 12.0. The molecule has 0 spiro atoms. The summed E-state index contributed by atoms with van der Waals surface area (Å²) in [5.41, 5.74) is 2.30. The van der Waals surface area contributed by atoms with Gasteiger partial charge in [-0.2, -0.15) is 5.26 Å². The van der Waals surface area contributed by atoms with Crippen LogP contribution in [0.25, 0.3) is 15.8 Å². The summed E-state index contributed by atoms with van der Waals surface area (Å²) in [5.74, 6) is 0.668. The van der Waals surface area contributed by atoms with Crippen molar-refractivity contribution in [3.63, 3.8) is 0 Å². The molecule has 0 atom stereocenters. The SMILES string of the molecule is Cc1nc(C#N)c2cc(C3=CCC(C)(C)CC3)sc2n1. The third-order valence-electron chi connectivity index (χ3n) is 3.90. The number of allylic oxidation sites excluding steroid dienone is 2. The second-order valence-corrected chi connectivity index (χ2v) is 7.19. The number of fused-ring (bicyclic) bond motifs is 1. The van der Waals surface area contributed by atoms with Gasteiger partial charge in [0, 0.05) is 10.3 Å². The molecule has 2 aromatic heterocycles. The Hall–Kier alpha value is -1.73. The molecule has 3 rings (SSSR count). The summed E-state index contributed by atoms with van der Waals surface area (Å²) in [6, 6.07) is 4.26. The van der Waals surface area contributed by atoms with Crippen LogP contribution in [0.1, 0.15) is 49.5 Å². The highest BCUT2D eigenvalue weighted by Gasteiger charge is 2.23. The number of hydrogen-bond donors (Lipinski definition) is 0. The maximum absolute atomic E-state index is 9.20. The Morgan fingerprint density at radius 1 is 1.35 bits per heavy atom. The van der Waals surface area contributed by atoms with Crippen molar-refractivity contribution in [3.05, 3.63) is 28.5 Å². The molecule has 0 saturated heterocycles. The topological polar surface area (TPSA) is 49.6 Å². The van der Waals surface area contributed by atoms with Gasteiger partial charge in [0.1, 0.15) is 16.7 Å². The van der Waals surface area contributed by atoms with Crippen LogP contribution in [0.4, 0.5) is 0 Å². The molecular formula is C16H17N3S. The van der Waals surface area contributed by atoms with Gasteiger partial charge in [0.25, 0.3) is 0 Å². The van der Waals surface area contributed by atoms with Crippen LogP contribution in [0, 0.1) is 23.7 Å². The molecule has 0 bridgehead atoms. The highest BCUT2D eigenvalue weighted by molar-refractivity contribution is 7.19. The van der Waals surface area contributed by atoms with E-state index in [1.54, 1.807) is 11.3 Å². The Bertz CT molecular complexity index is 747. The lowest BCUT2D eigenvalue weighted by Gasteiger charge is -2.28. The Morgan fingerprint density at radius 2 is 2.15 bits per heavy atom. The Morgan fingerprint density at radius 3 is 2.80 bits per heavy atom. The lowest BCUT2D eigenvalue weighted by atomic mass is 9.78. The van der Waals surface area contributed by atoms with Crippen molar-refractivity contribution >= 4 is 27.1 Å². The quantitative estimate of drug-likeness (QED) is 0.776. The average Bonchev–Trinajstić information content (AvgIpc) is 2.81. The van der Waals surface area contributed by atoms with Crippen LogP contribution in [-0.2, 0) is 0 Å². The summed E-state index contributed by atoms with van der Waals surface area (Å²) in [7, 11) is 0. The monoisotopic (exact) mass is 283 g/mol. The average molecular weight is 283 g/mol. The van der Waals surface area contributed by atoms with Crippen molar-refractivity contribution in [2.45, 2.75) is 40.0 Å². The standard InChI is InChI=1S/C16H17N3S/c1-10-18-13(9-17)12-8-14(20-15(12)19-10)11-4-6-16(2,3)7-5-11/h4,8H,5-7H2,1-3H3. The van der Waals surface area contributed by atoms with Crippen molar-refractivity contribution in [3.8, 4) is 6.07 Å². The van der Waals surface area contributed by atoms with Gasteiger partial charge in [0.05, 0.1) is 0 Å². The van der Waals surface area contributed by atoms with Gasteiger partial charge >= 0.3 is 0 Å². The van der Waals surface area contributed by atoms with Gasteiger partial charge in [-0.05, 0) is 43.2 Å². The van der Waals surface area contributed by atoms with E-state index < -0.39 is 0 Å². The normalized spacial score (nSPS) is 17.8. The van der Waals surface area contributed by atoms with Crippen molar-refractivity contribution in [1.82, 2.24) is 9.97 Å².